The highest BCUT2D eigenvalue weighted by Gasteiger charge is 2.09. The van der Waals surface area contributed by atoms with Crippen LogP contribution < -0.4 is 10.6 Å². The van der Waals surface area contributed by atoms with Crippen LogP contribution in [0.4, 0.5) is 17.1 Å². The molecule has 0 saturated heterocycles. The van der Waals surface area contributed by atoms with Crippen molar-refractivity contribution in [1.82, 2.24) is 4.98 Å². The van der Waals surface area contributed by atoms with Crippen molar-refractivity contribution < 1.29 is 4.79 Å². The Hall–Kier alpha value is -3.14. The number of amides is 1. The summed E-state index contributed by atoms with van der Waals surface area (Å²) in [6.45, 7) is 6.12. The summed E-state index contributed by atoms with van der Waals surface area (Å²) in [5.41, 5.74) is 6.53. The molecule has 0 bridgehead atoms. The molecule has 4 nitrogen and oxygen atoms in total. The van der Waals surface area contributed by atoms with Gasteiger partial charge in [-0.3, -0.25) is 4.79 Å². The smallest absolute Gasteiger partial charge is 0.274 e. The maximum Gasteiger partial charge on any atom is 0.274 e. The standard InChI is InChI=1S/C21H21N3O/c1-14-8-9-17(12-16(14)3)23-18-10-11-20(22-13-18)21(25)24-19-7-5-4-6-15(19)2/h4-13,23H,1-3H3,(H,24,25). The normalized spacial score (nSPS) is 10.4. The second-order valence-electron chi connectivity index (χ2n) is 6.13. The van der Waals surface area contributed by atoms with Gasteiger partial charge in [0.1, 0.15) is 5.69 Å². The molecule has 0 fully saturated rings. The van der Waals surface area contributed by atoms with E-state index in [0.717, 1.165) is 22.6 Å². The van der Waals surface area contributed by atoms with Crippen LogP contribution in [0.25, 0.3) is 0 Å². The van der Waals surface area contributed by atoms with Crippen molar-refractivity contribution in [3.63, 3.8) is 0 Å². The molecule has 0 atom stereocenters. The molecule has 0 aliphatic carbocycles. The third-order valence-corrected chi connectivity index (χ3v) is 4.18. The molecule has 0 unspecified atom stereocenters. The summed E-state index contributed by atoms with van der Waals surface area (Å²) >= 11 is 0. The van der Waals surface area contributed by atoms with Crippen molar-refractivity contribution in [2.75, 3.05) is 10.6 Å². The highest BCUT2D eigenvalue weighted by Crippen LogP contribution is 2.20. The number of pyridine rings is 1. The maximum atomic E-state index is 12.3. The molecule has 3 rings (SSSR count). The molecule has 2 N–H and O–H groups in total. The number of para-hydroxylation sites is 1. The highest BCUT2D eigenvalue weighted by molar-refractivity contribution is 6.03. The molecule has 1 aromatic heterocycles. The van der Waals surface area contributed by atoms with E-state index < -0.39 is 0 Å². The van der Waals surface area contributed by atoms with E-state index in [2.05, 4.69) is 41.6 Å². The van der Waals surface area contributed by atoms with Crippen molar-refractivity contribution in [2.45, 2.75) is 20.8 Å². The lowest BCUT2D eigenvalue weighted by Gasteiger charge is -2.10. The lowest BCUT2D eigenvalue weighted by atomic mass is 10.1. The van der Waals surface area contributed by atoms with E-state index in [4.69, 9.17) is 0 Å². The van der Waals surface area contributed by atoms with Gasteiger partial charge < -0.3 is 10.6 Å². The molecule has 0 radical (unpaired) electrons. The van der Waals surface area contributed by atoms with E-state index in [1.165, 1.54) is 11.1 Å². The number of aromatic nitrogens is 1. The molecule has 4 heteroatoms. The number of rotatable bonds is 4. The van der Waals surface area contributed by atoms with E-state index in [9.17, 15) is 4.79 Å². The third-order valence-electron chi connectivity index (χ3n) is 4.18. The number of anilines is 3. The van der Waals surface area contributed by atoms with Gasteiger partial charge in [-0.1, -0.05) is 24.3 Å². The Bertz CT molecular complexity index is 901. The minimum atomic E-state index is -0.216. The Morgan fingerprint density at radius 2 is 1.60 bits per heavy atom. The van der Waals surface area contributed by atoms with Gasteiger partial charge in [-0.05, 0) is 67.8 Å². The number of nitrogens with one attached hydrogen (secondary N) is 2. The lowest BCUT2D eigenvalue weighted by molar-refractivity contribution is 0.102. The number of carbonyl (C=O) groups excluding carboxylic acids is 1. The first kappa shape index (κ1) is 16.7. The van der Waals surface area contributed by atoms with Gasteiger partial charge in [0.05, 0.1) is 11.9 Å². The second-order valence-corrected chi connectivity index (χ2v) is 6.13. The summed E-state index contributed by atoms with van der Waals surface area (Å²) in [7, 11) is 0. The van der Waals surface area contributed by atoms with Crippen LogP contribution in [0, 0.1) is 20.8 Å². The molecule has 1 amide bonds. The van der Waals surface area contributed by atoms with Crippen LogP contribution in [0.5, 0.6) is 0 Å². The van der Waals surface area contributed by atoms with Crippen molar-refractivity contribution in [3.8, 4) is 0 Å². The van der Waals surface area contributed by atoms with E-state index >= 15 is 0 Å². The summed E-state index contributed by atoms with van der Waals surface area (Å²) < 4.78 is 0. The molecule has 0 aliphatic heterocycles. The Balaban J connectivity index is 1.70. The molecule has 3 aromatic rings. The molecule has 1 heterocycles. The first-order valence-electron chi connectivity index (χ1n) is 8.20. The maximum absolute atomic E-state index is 12.3. The lowest BCUT2D eigenvalue weighted by Crippen LogP contribution is -2.14. The minimum Gasteiger partial charge on any atom is -0.354 e. The molecule has 2 aromatic carbocycles. The van der Waals surface area contributed by atoms with E-state index in [1.807, 2.05) is 43.3 Å². The van der Waals surface area contributed by atoms with Gasteiger partial charge >= 0.3 is 0 Å². The van der Waals surface area contributed by atoms with E-state index in [-0.39, 0.29) is 5.91 Å². The summed E-state index contributed by atoms with van der Waals surface area (Å²) in [6, 6.07) is 17.4. The SMILES string of the molecule is Cc1ccc(Nc2ccc(C(=O)Nc3ccccc3C)nc2)cc1C. The zero-order valence-electron chi connectivity index (χ0n) is 14.6. The fourth-order valence-corrected chi connectivity index (χ4v) is 2.49. The largest absolute Gasteiger partial charge is 0.354 e. The monoisotopic (exact) mass is 331 g/mol. The predicted molar refractivity (Wildman–Crippen MR) is 103 cm³/mol. The summed E-state index contributed by atoms with van der Waals surface area (Å²) in [5, 5.41) is 6.19. The first-order chi connectivity index (χ1) is 12.0. The fraction of sp³-hybridized carbons (Fsp3) is 0.143. The Labute approximate surface area is 147 Å². The number of benzene rings is 2. The molecule has 0 spiro atoms. The van der Waals surface area contributed by atoms with E-state index in [1.54, 1.807) is 12.3 Å². The molecule has 0 aliphatic rings. The first-order valence-corrected chi connectivity index (χ1v) is 8.20. The molecule has 0 saturated carbocycles. The van der Waals surface area contributed by atoms with Crippen LogP contribution in [-0.4, -0.2) is 10.9 Å². The van der Waals surface area contributed by atoms with Crippen molar-refractivity contribution in [2.24, 2.45) is 0 Å². The Morgan fingerprint density at radius 1 is 0.840 bits per heavy atom. The van der Waals surface area contributed by atoms with E-state index in [0.29, 0.717) is 5.69 Å². The summed E-state index contributed by atoms with van der Waals surface area (Å²) in [4.78, 5) is 16.6. The molecular weight excluding hydrogens is 310 g/mol. The number of aryl methyl sites for hydroxylation is 3. The van der Waals surface area contributed by atoms with Crippen LogP contribution in [0.1, 0.15) is 27.2 Å². The van der Waals surface area contributed by atoms with Gasteiger partial charge in [-0.2, -0.15) is 0 Å². The Morgan fingerprint density at radius 3 is 2.28 bits per heavy atom. The minimum absolute atomic E-state index is 0.216. The van der Waals surface area contributed by atoms with Gasteiger partial charge in [0, 0.05) is 11.4 Å². The number of nitrogens with zero attached hydrogens (tertiary/aromatic N) is 1. The average molecular weight is 331 g/mol. The van der Waals surface area contributed by atoms with Crippen molar-refractivity contribution in [3.05, 3.63) is 83.2 Å². The highest BCUT2D eigenvalue weighted by atomic mass is 16.1. The zero-order valence-corrected chi connectivity index (χ0v) is 14.6. The number of hydrogen-bond donors (Lipinski definition) is 2. The van der Waals surface area contributed by atoms with Gasteiger partial charge in [0.15, 0.2) is 0 Å². The number of hydrogen-bond acceptors (Lipinski definition) is 3. The van der Waals surface area contributed by atoms with Gasteiger partial charge in [-0.25, -0.2) is 4.98 Å². The van der Waals surface area contributed by atoms with Gasteiger partial charge in [0.25, 0.3) is 5.91 Å². The van der Waals surface area contributed by atoms with Crippen LogP contribution >= 0.6 is 0 Å². The molecular formula is C21H21N3O. The summed E-state index contributed by atoms with van der Waals surface area (Å²) in [6.07, 6.45) is 1.67. The molecule has 126 valence electrons. The fourth-order valence-electron chi connectivity index (χ4n) is 2.49. The summed E-state index contributed by atoms with van der Waals surface area (Å²) in [5.74, 6) is -0.216. The third kappa shape index (κ3) is 4.04. The van der Waals surface area contributed by atoms with Crippen LogP contribution in [0.15, 0.2) is 60.8 Å². The van der Waals surface area contributed by atoms with Crippen LogP contribution in [0.2, 0.25) is 0 Å². The predicted octanol–water partition coefficient (Wildman–Crippen LogP) is 5.00. The van der Waals surface area contributed by atoms with Gasteiger partial charge in [-0.15, -0.1) is 0 Å². The second kappa shape index (κ2) is 7.18. The Kier molecular flexibility index (Phi) is 4.80. The number of carbonyl (C=O) groups is 1. The molecule has 25 heavy (non-hydrogen) atoms. The topological polar surface area (TPSA) is 54.0 Å². The quantitative estimate of drug-likeness (QED) is 0.707. The van der Waals surface area contributed by atoms with Gasteiger partial charge in [0.2, 0.25) is 0 Å². The average Bonchev–Trinajstić information content (AvgIpc) is 2.61. The van der Waals surface area contributed by atoms with Crippen molar-refractivity contribution in [1.29, 1.82) is 0 Å². The zero-order chi connectivity index (χ0) is 17.8. The van der Waals surface area contributed by atoms with Crippen molar-refractivity contribution >= 4 is 23.0 Å². The van der Waals surface area contributed by atoms with Crippen LogP contribution in [0.3, 0.4) is 0 Å². The van der Waals surface area contributed by atoms with Crippen LogP contribution in [-0.2, 0) is 0 Å².